The molecule has 130 valence electrons. The number of hydrogen-bond donors (Lipinski definition) is 2. The van der Waals surface area contributed by atoms with Crippen LogP contribution in [0.5, 0.6) is 0 Å². The predicted octanol–water partition coefficient (Wildman–Crippen LogP) is 0.741. The average Bonchev–Trinajstić information content (AvgIpc) is 3.04. The highest BCUT2D eigenvalue weighted by molar-refractivity contribution is 8.04. The molecule has 4 heterocycles. The molecule has 0 aromatic carbocycles. The molecule has 0 unspecified atom stereocenters. The minimum atomic E-state index is -0.101. The number of nitrogens with one attached hydrogen (secondary N) is 2. The maximum atomic E-state index is 12.5. The van der Waals surface area contributed by atoms with Gasteiger partial charge in [-0.3, -0.25) is 14.6 Å². The summed E-state index contributed by atoms with van der Waals surface area (Å²) in [6.45, 7) is 1.19. The fourth-order valence-electron chi connectivity index (χ4n) is 2.71. The van der Waals surface area contributed by atoms with Crippen LogP contribution in [0.25, 0.3) is 11.2 Å². The summed E-state index contributed by atoms with van der Waals surface area (Å²) in [5, 5.41) is 6.09. The molecule has 2 N–H and O–H groups in total. The summed E-state index contributed by atoms with van der Waals surface area (Å²) >= 11 is 1.55. The number of fused-ring (bicyclic) bond motifs is 1. The van der Waals surface area contributed by atoms with Crippen LogP contribution < -0.4 is 10.2 Å². The lowest BCUT2D eigenvalue weighted by Gasteiger charge is -2.26. The standard InChI is InChI=1S/C15H18N8OS/c1-21-4-3-16-11(21)7-17-15(24)10-8-23(5-6-25-10)14-12-13(18-9-19-14)22(2)20-12/h3-4,8-9,20H,5-7H2,1-2H3,(H,17,24). The number of carbonyl (C=O) groups is 1. The number of anilines is 1. The van der Waals surface area contributed by atoms with Gasteiger partial charge in [0.15, 0.2) is 11.5 Å². The van der Waals surface area contributed by atoms with Gasteiger partial charge in [-0.25, -0.2) is 15.0 Å². The van der Waals surface area contributed by atoms with Crippen LogP contribution in [0.15, 0.2) is 29.8 Å². The maximum Gasteiger partial charge on any atom is 0.259 e. The lowest BCUT2D eigenvalue weighted by Crippen LogP contribution is -2.31. The number of imidazole rings is 1. The third-order valence-electron chi connectivity index (χ3n) is 4.09. The molecule has 25 heavy (non-hydrogen) atoms. The van der Waals surface area contributed by atoms with Crippen LogP contribution in [0.2, 0.25) is 0 Å². The summed E-state index contributed by atoms with van der Waals surface area (Å²) in [4.78, 5) is 28.0. The molecule has 0 aliphatic carbocycles. The lowest BCUT2D eigenvalue weighted by atomic mass is 10.4. The van der Waals surface area contributed by atoms with Crippen LogP contribution in [0, 0.1) is 0 Å². The van der Waals surface area contributed by atoms with Crippen molar-refractivity contribution in [2.24, 2.45) is 14.1 Å². The quantitative estimate of drug-likeness (QED) is 0.714. The molecule has 1 aliphatic rings. The second kappa shape index (κ2) is 6.28. The largest absolute Gasteiger partial charge is 0.344 e. The number of nitrogens with zero attached hydrogens (tertiary/aromatic N) is 6. The zero-order valence-corrected chi connectivity index (χ0v) is 14.7. The first-order chi connectivity index (χ1) is 12.1. The Morgan fingerprint density at radius 1 is 1.36 bits per heavy atom. The number of aromatic amines is 1. The van der Waals surface area contributed by atoms with Crippen molar-refractivity contribution in [2.75, 3.05) is 17.2 Å². The first-order valence-electron chi connectivity index (χ1n) is 7.84. The van der Waals surface area contributed by atoms with Gasteiger partial charge >= 0.3 is 0 Å². The Morgan fingerprint density at radius 2 is 2.24 bits per heavy atom. The lowest BCUT2D eigenvalue weighted by molar-refractivity contribution is -0.117. The average molecular weight is 358 g/mol. The fourth-order valence-corrected chi connectivity index (χ4v) is 3.62. The van der Waals surface area contributed by atoms with Gasteiger partial charge in [-0.15, -0.1) is 11.8 Å². The van der Waals surface area contributed by atoms with E-state index in [1.54, 1.807) is 24.3 Å². The molecule has 0 radical (unpaired) electrons. The van der Waals surface area contributed by atoms with E-state index in [1.807, 2.05) is 40.6 Å². The van der Waals surface area contributed by atoms with E-state index in [2.05, 4.69) is 25.4 Å². The Hall–Kier alpha value is -2.75. The minimum absolute atomic E-state index is 0.101. The third kappa shape index (κ3) is 2.88. The van der Waals surface area contributed by atoms with Crippen LogP contribution >= 0.6 is 11.8 Å². The van der Waals surface area contributed by atoms with Crippen molar-refractivity contribution in [1.82, 2.24) is 34.6 Å². The highest BCUT2D eigenvalue weighted by Crippen LogP contribution is 2.29. The van der Waals surface area contributed by atoms with Gasteiger partial charge in [-0.1, -0.05) is 0 Å². The zero-order valence-electron chi connectivity index (χ0n) is 13.9. The SMILES string of the molecule is Cn1ccnc1CNC(=O)C1=CN(c2ncnc3c2[nH]n3C)CCS1. The fraction of sp³-hybridized carbons (Fsp3) is 0.333. The molecule has 0 spiro atoms. The zero-order chi connectivity index (χ0) is 17.4. The van der Waals surface area contributed by atoms with E-state index in [-0.39, 0.29) is 5.91 Å². The molecule has 0 bridgehead atoms. The van der Waals surface area contributed by atoms with Gasteiger partial charge in [0.1, 0.15) is 17.7 Å². The van der Waals surface area contributed by atoms with Gasteiger partial charge in [-0.2, -0.15) is 0 Å². The summed E-state index contributed by atoms with van der Waals surface area (Å²) in [6, 6.07) is 0. The summed E-state index contributed by atoms with van der Waals surface area (Å²) < 4.78 is 3.72. The number of rotatable bonds is 4. The predicted molar refractivity (Wildman–Crippen MR) is 95.8 cm³/mol. The molecule has 0 atom stereocenters. The molecule has 3 aromatic rings. The number of H-pyrrole nitrogens is 1. The maximum absolute atomic E-state index is 12.5. The van der Waals surface area contributed by atoms with E-state index in [4.69, 9.17) is 0 Å². The topological polar surface area (TPSA) is 96.7 Å². The number of thioether (sulfide) groups is 1. The minimum Gasteiger partial charge on any atom is -0.344 e. The van der Waals surface area contributed by atoms with Gasteiger partial charge in [0.2, 0.25) is 0 Å². The Balaban J connectivity index is 1.51. The van der Waals surface area contributed by atoms with Crippen molar-refractivity contribution in [3.8, 4) is 0 Å². The number of hydrogen-bond acceptors (Lipinski definition) is 6. The van der Waals surface area contributed by atoms with Gasteiger partial charge < -0.3 is 14.8 Å². The summed E-state index contributed by atoms with van der Waals surface area (Å²) in [5.74, 6) is 2.32. The summed E-state index contributed by atoms with van der Waals surface area (Å²) in [5.41, 5.74) is 1.75. The van der Waals surface area contributed by atoms with Crippen LogP contribution in [-0.4, -0.2) is 47.5 Å². The molecule has 1 aliphatic heterocycles. The van der Waals surface area contributed by atoms with Crippen molar-refractivity contribution in [2.45, 2.75) is 6.54 Å². The van der Waals surface area contributed by atoms with Gasteiger partial charge in [0.25, 0.3) is 5.91 Å². The molecule has 10 heteroatoms. The van der Waals surface area contributed by atoms with Crippen molar-refractivity contribution >= 4 is 34.7 Å². The van der Waals surface area contributed by atoms with Gasteiger partial charge in [0.05, 0.1) is 11.4 Å². The molecule has 0 saturated heterocycles. The Bertz CT molecular complexity index is 952. The molecule has 3 aromatic heterocycles. The Kier molecular flexibility index (Phi) is 3.96. The molecule has 1 amide bonds. The molecular weight excluding hydrogens is 340 g/mol. The summed E-state index contributed by atoms with van der Waals surface area (Å²) in [6.07, 6.45) is 6.97. The third-order valence-corrected chi connectivity index (χ3v) is 5.08. The number of aryl methyl sites for hydroxylation is 2. The van der Waals surface area contributed by atoms with E-state index in [0.717, 1.165) is 35.1 Å². The van der Waals surface area contributed by atoms with E-state index in [9.17, 15) is 4.79 Å². The second-order valence-electron chi connectivity index (χ2n) is 5.74. The molecule has 0 saturated carbocycles. The van der Waals surface area contributed by atoms with E-state index in [0.29, 0.717) is 11.4 Å². The van der Waals surface area contributed by atoms with Crippen molar-refractivity contribution in [1.29, 1.82) is 0 Å². The molecule has 4 rings (SSSR count). The molecule has 0 fully saturated rings. The number of aromatic nitrogens is 6. The number of carbonyl (C=O) groups excluding carboxylic acids is 1. The van der Waals surface area contributed by atoms with Crippen molar-refractivity contribution in [3.05, 3.63) is 35.7 Å². The second-order valence-corrected chi connectivity index (χ2v) is 6.88. The highest BCUT2D eigenvalue weighted by Gasteiger charge is 2.22. The van der Waals surface area contributed by atoms with Crippen LogP contribution in [0.1, 0.15) is 5.82 Å². The van der Waals surface area contributed by atoms with Crippen LogP contribution in [-0.2, 0) is 25.4 Å². The van der Waals surface area contributed by atoms with Crippen molar-refractivity contribution in [3.63, 3.8) is 0 Å². The Labute approximate surface area is 148 Å². The highest BCUT2D eigenvalue weighted by atomic mass is 32.2. The molecule has 9 nitrogen and oxygen atoms in total. The van der Waals surface area contributed by atoms with E-state index in [1.165, 1.54) is 0 Å². The Morgan fingerprint density at radius 3 is 3.00 bits per heavy atom. The van der Waals surface area contributed by atoms with Crippen LogP contribution in [0.3, 0.4) is 0 Å². The number of amides is 1. The first kappa shape index (κ1) is 15.8. The van der Waals surface area contributed by atoms with Gasteiger partial charge in [-0.05, 0) is 0 Å². The smallest absolute Gasteiger partial charge is 0.259 e. The van der Waals surface area contributed by atoms with E-state index < -0.39 is 0 Å². The summed E-state index contributed by atoms with van der Waals surface area (Å²) in [7, 11) is 3.80. The van der Waals surface area contributed by atoms with E-state index >= 15 is 0 Å². The molecular formula is C15H18N8OS. The van der Waals surface area contributed by atoms with Gasteiger partial charge in [0, 0.05) is 45.0 Å². The van der Waals surface area contributed by atoms with Crippen LogP contribution in [0.4, 0.5) is 5.82 Å². The first-order valence-corrected chi connectivity index (χ1v) is 8.83. The van der Waals surface area contributed by atoms with Crippen molar-refractivity contribution < 1.29 is 4.79 Å². The monoisotopic (exact) mass is 358 g/mol. The normalized spacial score (nSPS) is 14.8.